The van der Waals surface area contributed by atoms with Crippen LogP contribution < -0.4 is 11.1 Å². The number of primary amides is 1. The summed E-state index contributed by atoms with van der Waals surface area (Å²) in [5, 5.41) is 2.62. The van der Waals surface area contributed by atoms with E-state index in [4.69, 9.17) is 5.73 Å². The standard InChI is InChI=1S/C14H11BrF2N2O/c15-8-5-6-10(16)9(7-8)13(14(18)20)19-12-4-2-1-3-11(12)17/h1-7,13,19H,(H2,18,20). The lowest BCUT2D eigenvalue weighted by Crippen LogP contribution is -2.28. The van der Waals surface area contributed by atoms with E-state index in [1.807, 2.05) is 0 Å². The van der Waals surface area contributed by atoms with Crippen molar-refractivity contribution >= 4 is 27.5 Å². The Balaban J connectivity index is 2.40. The molecule has 20 heavy (non-hydrogen) atoms. The van der Waals surface area contributed by atoms with E-state index < -0.39 is 23.6 Å². The number of hydrogen-bond acceptors (Lipinski definition) is 2. The molecule has 2 aromatic rings. The maximum atomic E-state index is 13.8. The summed E-state index contributed by atoms with van der Waals surface area (Å²) in [6, 6.07) is 8.76. The molecule has 1 unspecified atom stereocenters. The second-order valence-corrected chi connectivity index (χ2v) is 5.04. The van der Waals surface area contributed by atoms with Crippen molar-refractivity contribution < 1.29 is 13.6 Å². The van der Waals surface area contributed by atoms with Crippen LogP contribution in [0.4, 0.5) is 14.5 Å². The Morgan fingerprint density at radius 3 is 2.50 bits per heavy atom. The molecule has 0 radical (unpaired) electrons. The number of nitrogens with one attached hydrogen (secondary N) is 1. The van der Waals surface area contributed by atoms with Crippen molar-refractivity contribution in [2.75, 3.05) is 5.32 Å². The number of para-hydroxylation sites is 1. The summed E-state index contributed by atoms with van der Waals surface area (Å²) in [6.45, 7) is 0. The average Bonchev–Trinajstić information content (AvgIpc) is 2.40. The Morgan fingerprint density at radius 1 is 1.15 bits per heavy atom. The van der Waals surface area contributed by atoms with Gasteiger partial charge in [-0.3, -0.25) is 4.79 Å². The van der Waals surface area contributed by atoms with Gasteiger partial charge in [-0.15, -0.1) is 0 Å². The van der Waals surface area contributed by atoms with E-state index in [0.29, 0.717) is 4.47 Å². The minimum atomic E-state index is -1.16. The van der Waals surface area contributed by atoms with E-state index >= 15 is 0 Å². The van der Waals surface area contributed by atoms with Crippen LogP contribution in [0, 0.1) is 11.6 Å². The third-order valence-electron chi connectivity index (χ3n) is 2.73. The molecule has 0 fully saturated rings. The van der Waals surface area contributed by atoms with Crippen molar-refractivity contribution in [3.8, 4) is 0 Å². The first kappa shape index (κ1) is 14.5. The molecule has 0 heterocycles. The third kappa shape index (κ3) is 3.14. The van der Waals surface area contributed by atoms with Gasteiger partial charge < -0.3 is 11.1 Å². The van der Waals surface area contributed by atoms with Gasteiger partial charge in [0.05, 0.1) is 5.69 Å². The number of rotatable bonds is 4. The Hall–Kier alpha value is -1.95. The summed E-state index contributed by atoms with van der Waals surface area (Å²) < 4.78 is 28.0. The van der Waals surface area contributed by atoms with Crippen LogP contribution in [0.25, 0.3) is 0 Å². The van der Waals surface area contributed by atoms with Crippen LogP contribution in [0.1, 0.15) is 11.6 Å². The maximum Gasteiger partial charge on any atom is 0.244 e. The highest BCUT2D eigenvalue weighted by Crippen LogP contribution is 2.26. The van der Waals surface area contributed by atoms with Crippen molar-refractivity contribution in [3.63, 3.8) is 0 Å². The predicted molar refractivity (Wildman–Crippen MR) is 76.1 cm³/mol. The van der Waals surface area contributed by atoms with Gasteiger partial charge in [0.15, 0.2) is 0 Å². The zero-order valence-electron chi connectivity index (χ0n) is 10.2. The Labute approximate surface area is 122 Å². The monoisotopic (exact) mass is 340 g/mol. The first-order valence-electron chi connectivity index (χ1n) is 5.74. The second kappa shape index (κ2) is 6.00. The molecule has 0 aromatic heterocycles. The molecule has 0 spiro atoms. The Bertz CT molecular complexity index is 649. The van der Waals surface area contributed by atoms with Crippen molar-refractivity contribution in [3.05, 3.63) is 64.1 Å². The zero-order valence-corrected chi connectivity index (χ0v) is 11.8. The highest BCUT2D eigenvalue weighted by Gasteiger charge is 2.22. The molecule has 0 aliphatic carbocycles. The molecule has 3 N–H and O–H groups in total. The number of benzene rings is 2. The summed E-state index contributed by atoms with van der Waals surface area (Å²) in [6.07, 6.45) is 0. The first-order valence-corrected chi connectivity index (χ1v) is 6.53. The van der Waals surface area contributed by atoms with Crippen molar-refractivity contribution in [1.82, 2.24) is 0 Å². The number of amides is 1. The number of hydrogen-bond donors (Lipinski definition) is 2. The van der Waals surface area contributed by atoms with Crippen LogP contribution in [0.2, 0.25) is 0 Å². The number of carbonyl (C=O) groups is 1. The smallest absolute Gasteiger partial charge is 0.244 e. The Kier molecular flexibility index (Phi) is 4.34. The molecule has 0 aliphatic rings. The lowest BCUT2D eigenvalue weighted by Gasteiger charge is -2.18. The van der Waals surface area contributed by atoms with Gasteiger partial charge in [0.2, 0.25) is 5.91 Å². The van der Waals surface area contributed by atoms with Crippen LogP contribution in [0.5, 0.6) is 0 Å². The molecule has 0 saturated heterocycles. The average molecular weight is 341 g/mol. The molecule has 1 atom stereocenters. The Morgan fingerprint density at radius 2 is 1.85 bits per heavy atom. The minimum Gasteiger partial charge on any atom is -0.368 e. The van der Waals surface area contributed by atoms with E-state index in [9.17, 15) is 13.6 Å². The van der Waals surface area contributed by atoms with Crippen LogP contribution >= 0.6 is 15.9 Å². The number of halogens is 3. The van der Waals surface area contributed by atoms with Crippen LogP contribution in [0.3, 0.4) is 0 Å². The van der Waals surface area contributed by atoms with Crippen LogP contribution in [-0.4, -0.2) is 5.91 Å². The second-order valence-electron chi connectivity index (χ2n) is 4.13. The van der Waals surface area contributed by atoms with Gasteiger partial charge in [-0.05, 0) is 30.3 Å². The summed E-state index contributed by atoms with van der Waals surface area (Å²) in [5.74, 6) is -1.94. The number of anilines is 1. The highest BCUT2D eigenvalue weighted by molar-refractivity contribution is 9.10. The predicted octanol–water partition coefficient (Wildman–Crippen LogP) is 3.37. The van der Waals surface area contributed by atoms with Gasteiger partial charge in [-0.1, -0.05) is 28.1 Å². The summed E-state index contributed by atoms with van der Waals surface area (Å²) in [4.78, 5) is 11.5. The van der Waals surface area contributed by atoms with E-state index in [1.54, 1.807) is 6.07 Å². The fourth-order valence-electron chi connectivity index (χ4n) is 1.77. The molecule has 2 rings (SSSR count). The molecule has 3 nitrogen and oxygen atoms in total. The summed E-state index contributed by atoms with van der Waals surface area (Å²) >= 11 is 3.19. The fraction of sp³-hybridized carbons (Fsp3) is 0.0714. The molecule has 0 saturated carbocycles. The minimum absolute atomic E-state index is 0.0510. The van der Waals surface area contributed by atoms with Crippen molar-refractivity contribution in [2.45, 2.75) is 6.04 Å². The van der Waals surface area contributed by atoms with E-state index in [2.05, 4.69) is 21.2 Å². The van der Waals surface area contributed by atoms with Gasteiger partial charge in [0.1, 0.15) is 17.7 Å². The molecule has 2 aromatic carbocycles. The molecule has 0 aliphatic heterocycles. The largest absolute Gasteiger partial charge is 0.368 e. The first-order chi connectivity index (χ1) is 9.49. The lowest BCUT2D eigenvalue weighted by atomic mass is 10.1. The normalized spacial score (nSPS) is 11.9. The molecule has 6 heteroatoms. The lowest BCUT2D eigenvalue weighted by molar-refractivity contribution is -0.118. The van der Waals surface area contributed by atoms with Gasteiger partial charge in [0, 0.05) is 10.0 Å². The third-order valence-corrected chi connectivity index (χ3v) is 3.22. The summed E-state index contributed by atoms with van der Waals surface area (Å²) in [5.41, 5.74) is 5.41. The number of nitrogens with two attached hydrogens (primary N) is 1. The molecule has 104 valence electrons. The summed E-state index contributed by atoms with van der Waals surface area (Å²) in [7, 11) is 0. The van der Waals surface area contributed by atoms with Gasteiger partial charge in [-0.2, -0.15) is 0 Å². The molecule has 1 amide bonds. The SMILES string of the molecule is NC(=O)C(Nc1ccccc1F)c1cc(Br)ccc1F. The van der Waals surface area contributed by atoms with Gasteiger partial charge in [0.25, 0.3) is 0 Å². The van der Waals surface area contributed by atoms with E-state index in [1.165, 1.54) is 36.4 Å². The molecular weight excluding hydrogens is 330 g/mol. The zero-order chi connectivity index (χ0) is 14.7. The van der Waals surface area contributed by atoms with Crippen molar-refractivity contribution in [2.24, 2.45) is 5.73 Å². The molecular formula is C14H11BrF2N2O. The highest BCUT2D eigenvalue weighted by atomic mass is 79.9. The van der Waals surface area contributed by atoms with Gasteiger partial charge >= 0.3 is 0 Å². The quantitative estimate of drug-likeness (QED) is 0.896. The molecule has 0 bridgehead atoms. The van der Waals surface area contributed by atoms with E-state index in [-0.39, 0.29) is 11.3 Å². The van der Waals surface area contributed by atoms with Gasteiger partial charge in [-0.25, -0.2) is 8.78 Å². The maximum absolute atomic E-state index is 13.8. The number of carbonyl (C=O) groups excluding carboxylic acids is 1. The van der Waals surface area contributed by atoms with Crippen LogP contribution in [0.15, 0.2) is 46.9 Å². The van der Waals surface area contributed by atoms with Crippen molar-refractivity contribution in [1.29, 1.82) is 0 Å². The fourth-order valence-corrected chi connectivity index (χ4v) is 2.15. The van der Waals surface area contributed by atoms with E-state index in [0.717, 1.165) is 0 Å². The van der Waals surface area contributed by atoms with Crippen LogP contribution in [-0.2, 0) is 4.79 Å². The topological polar surface area (TPSA) is 55.1 Å².